The maximum absolute atomic E-state index is 13.6. The van der Waals surface area contributed by atoms with E-state index in [1.54, 1.807) is 19.1 Å². The predicted octanol–water partition coefficient (Wildman–Crippen LogP) is 1.47. The van der Waals surface area contributed by atoms with Crippen molar-refractivity contribution in [1.29, 1.82) is 0 Å². The number of amides is 1. The highest BCUT2D eigenvalue weighted by Gasteiger charge is 2.13. The second-order valence-corrected chi connectivity index (χ2v) is 3.84. The fraction of sp³-hybridized carbons (Fsp3) is 0.417. The van der Waals surface area contributed by atoms with Crippen molar-refractivity contribution in [3.05, 3.63) is 35.1 Å². The Kier molecular flexibility index (Phi) is 4.43. The summed E-state index contributed by atoms with van der Waals surface area (Å²) in [6, 6.07) is 4.97. The van der Waals surface area contributed by atoms with Crippen molar-refractivity contribution in [1.82, 2.24) is 10.6 Å². The summed E-state index contributed by atoms with van der Waals surface area (Å²) < 4.78 is 13.6. The molecule has 1 aromatic carbocycles. The fourth-order valence-corrected chi connectivity index (χ4v) is 1.27. The Hall–Kier alpha value is -1.42. The first kappa shape index (κ1) is 12.6. The van der Waals surface area contributed by atoms with Crippen molar-refractivity contribution in [2.24, 2.45) is 0 Å². The van der Waals surface area contributed by atoms with Crippen LogP contribution in [0.15, 0.2) is 18.2 Å². The number of carbonyl (C=O) groups excluding carboxylic acids is 1. The number of carbonyl (C=O) groups is 1. The molecule has 0 aliphatic rings. The second-order valence-electron chi connectivity index (χ2n) is 3.84. The number of hydrogen-bond donors (Lipinski definition) is 2. The molecule has 1 rings (SSSR count). The molecule has 2 N–H and O–H groups in total. The van der Waals surface area contributed by atoms with E-state index in [0.717, 1.165) is 0 Å². The molecule has 0 aliphatic heterocycles. The van der Waals surface area contributed by atoms with E-state index in [1.165, 1.54) is 6.07 Å². The minimum Gasteiger partial charge on any atom is -0.350 e. The van der Waals surface area contributed by atoms with E-state index in [2.05, 4.69) is 10.6 Å². The Morgan fingerprint density at radius 2 is 2.19 bits per heavy atom. The average Bonchev–Trinajstić information content (AvgIpc) is 2.29. The van der Waals surface area contributed by atoms with Crippen molar-refractivity contribution >= 4 is 5.91 Å². The summed E-state index contributed by atoms with van der Waals surface area (Å²) >= 11 is 0. The molecule has 0 saturated heterocycles. The molecular formula is C12H17FN2O. The first-order chi connectivity index (χ1) is 7.56. The molecule has 1 amide bonds. The van der Waals surface area contributed by atoms with E-state index >= 15 is 0 Å². The lowest BCUT2D eigenvalue weighted by atomic mass is 10.1. The highest BCUT2D eigenvalue weighted by molar-refractivity contribution is 5.94. The van der Waals surface area contributed by atoms with Gasteiger partial charge < -0.3 is 10.6 Å². The van der Waals surface area contributed by atoms with Crippen LogP contribution < -0.4 is 10.6 Å². The Morgan fingerprint density at radius 3 is 2.81 bits per heavy atom. The Labute approximate surface area is 95.0 Å². The zero-order chi connectivity index (χ0) is 12.1. The third-order valence-corrected chi connectivity index (χ3v) is 2.50. The van der Waals surface area contributed by atoms with Crippen LogP contribution in [0.25, 0.3) is 0 Å². The molecule has 0 radical (unpaired) electrons. The van der Waals surface area contributed by atoms with Crippen molar-refractivity contribution in [2.75, 3.05) is 13.6 Å². The minimum atomic E-state index is -0.447. The van der Waals surface area contributed by atoms with E-state index < -0.39 is 5.82 Å². The Balaban J connectivity index is 2.70. The van der Waals surface area contributed by atoms with E-state index in [-0.39, 0.29) is 17.5 Å². The molecule has 0 aromatic heterocycles. The molecule has 3 nitrogen and oxygen atoms in total. The Morgan fingerprint density at radius 1 is 1.50 bits per heavy atom. The zero-order valence-electron chi connectivity index (χ0n) is 9.80. The van der Waals surface area contributed by atoms with E-state index in [1.807, 2.05) is 14.0 Å². The molecule has 1 aromatic rings. The largest absolute Gasteiger partial charge is 0.350 e. The van der Waals surface area contributed by atoms with Crippen LogP contribution in [0.1, 0.15) is 22.8 Å². The predicted molar refractivity (Wildman–Crippen MR) is 62.0 cm³/mol. The monoisotopic (exact) mass is 224 g/mol. The summed E-state index contributed by atoms with van der Waals surface area (Å²) in [4.78, 5) is 11.7. The summed E-state index contributed by atoms with van der Waals surface area (Å²) in [6.07, 6.45) is 0. The van der Waals surface area contributed by atoms with Gasteiger partial charge in [0.2, 0.25) is 0 Å². The van der Waals surface area contributed by atoms with Gasteiger partial charge in [0.1, 0.15) is 5.82 Å². The van der Waals surface area contributed by atoms with Gasteiger partial charge in [-0.2, -0.15) is 0 Å². The first-order valence-electron chi connectivity index (χ1n) is 5.26. The molecule has 0 aliphatic carbocycles. The first-order valence-corrected chi connectivity index (χ1v) is 5.26. The van der Waals surface area contributed by atoms with Gasteiger partial charge in [-0.05, 0) is 32.5 Å². The standard InChI is InChI=1S/C12H17FN2O/c1-8-5-4-6-10(11(8)13)12(16)15-7-9(2)14-3/h4-6,9,14H,7H2,1-3H3,(H,15,16). The minimum absolute atomic E-state index is 0.100. The van der Waals surface area contributed by atoms with E-state index in [0.29, 0.717) is 12.1 Å². The molecule has 1 atom stereocenters. The third kappa shape index (κ3) is 3.03. The summed E-state index contributed by atoms with van der Waals surface area (Å²) in [5.41, 5.74) is 0.581. The molecule has 0 heterocycles. The lowest BCUT2D eigenvalue weighted by Crippen LogP contribution is -2.37. The van der Waals surface area contributed by atoms with Crippen molar-refractivity contribution < 1.29 is 9.18 Å². The van der Waals surface area contributed by atoms with E-state index in [9.17, 15) is 9.18 Å². The van der Waals surface area contributed by atoms with Crippen LogP contribution >= 0.6 is 0 Å². The molecular weight excluding hydrogens is 207 g/mol. The van der Waals surface area contributed by atoms with Gasteiger partial charge in [-0.25, -0.2) is 4.39 Å². The van der Waals surface area contributed by atoms with Gasteiger partial charge in [0.05, 0.1) is 5.56 Å². The van der Waals surface area contributed by atoms with Crippen LogP contribution in [-0.4, -0.2) is 25.5 Å². The fourth-order valence-electron chi connectivity index (χ4n) is 1.27. The number of nitrogens with one attached hydrogen (secondary N) is 2. The second kappa shape index (κ2) is 5.61. The summed E-state index contributed by atoms with van der Waals surface area (Å²) in [5, 5.41) is 5.67. The van der Waals surface area contributed by atoms with Gasteiger partial charge in [0, 0.05) is 12.6 Å². The normalized spacial score (nSPS) is 12.2. The van der Waals surface area contributed by atoms with Crippen molar-refractivity contribution in [2.45, 2.75) is 19.9 Å². The molecule has 0 saturated carbocycles. The van der Waals surface area contributed by atoms with Crippen LogP contribution in [0.4, 0.5) is 4.39 Å². The smallest absolute Gasteiger partial charge is 0.254 e. The van der Waals surface area contributed by atoms with Crippen molar-refractivity contribution in [3.63, 3.8) is 0 Å². The van der Waals surface area contributed by atoms with Crippen LogP contribution in [-0.2, 0) is 0 Å². The van der Waals surface area contributed by atoms with Crippen LogP contribution in [0.5, 0.6) is 0 Å². The van der Waals surface area contributed by atoms with Gasteiger partial charge >= 0.3 is 0 Å². The number of hydrogen-bond acceptors (Lipinski definition) is 2. The van der Waals surface area contributed by atoms with Crippen LogP contribution in [0.3, 0.4) is 0 Å². The van der Waals surface area contributed by atoms with Gasteiger partial charge in [0.25, 0.3) is 5.91 Å². The van der Waals surface area contributed by atoms with Gasteiger partial charge in [-0.1, -0.05) is 12.1 Å². The molecule has 4 heteroatoms. The molecule has 88 valence electrons. The third-order valence-electron chi connectivity index (χ3n) is 2.50. The van der Waals surface area contributed by atoms with E-state index in [4.69, 9.17) is 0 Å². The zero-order valence-corrected chi connectivity index (χ0v) is 9.80. The summed E-state index contributed by atoms with van der Waals surface area (Å²) in [6.45, 7) is 4.05. The number of halogens is 1. The lowest BCUT2D eigenvalue weighted by molar-refractivity contribution is 0.0946. The lowest BCUT2D eigenvalue weighted by Gasteiger charge is -2.12. The maximum Gasteiger partial charge on any atom is 0.254 e. The topological polar surface area (TPSA) is 41.1 Å². The summed E-state index contributed by atoms with van der Waals surface area (Å²) in [7, 11) is 1.81. The highest BCUT2D eigenvalue weighted by atomic mass is 19.1. The Bertz CT molecular complexity index is 379. The quantitative estimate of drug-likeness (QED) is 0.813. The van der Waals surface area contributed by atoms with Gasteiger partial charge in [-0.15, -0.1) is 0 Å². The molecule has 0 bridgehead atoms. The molecule has 0 fully saturated rings. The SMILES string of the molecule is CNC(C)CNC(=O)c1cccc(C)c1F. The molecule has 16 heavy (non-hydrogen) atoms. The number of benzene rings is 1. The van der Waals surface area contributed by atoms with Gasteiger partial charge in [0.15, 0.2) is 0 Å². The maximum atomic E-state index is 13.6. The average molecular weight is 224 g/mol. The van der Waals surface area contributed by atoms with Crippen LogP contribution in [0.2, 0.25) is 0 Å². The molecule has 1 unspecified atom stereocenters. The number of aryl methyl sites for hydroxylation is 1. The summed E-state index contributed by atoms with van der Waals surface area (Å²) in [5.74, 6) is -0.819. The molecule has 0 spiro atoms. The number of rotatable bonds is 4. The van der Waals surface area contributed by atoms with Crippen LogP contribution in [0, 0.1) is 12.7 Å². The van der Waals surface area contributed by atoms with Gasteiger partial charge in [-0.3, -0.25) is 4.79 Å². The number of likely N-dealkylation sites (N-methyl/N-ethyl adjacent to an activating group) is 1. The van der Waals surface area contributed by atoms with Crippen molar-refractivity contribution in [3.8, 4) is 0 Å². The highest BCUT2D eigenvalue weighted by Crippen LogP contribution is 2.11.